The standard InChI is InChI=1S/C12H10O5.C6H12O6.C6H10O5.C6H6O3/c13-5-9-1-3-11(16-9)7-15-8-12-4-2-10(6-14)17-12;7-1-3-4(9)5(10)6(11,2-8)12-3;7-1-3-5(9)6(10)4(2-8)11-3;7-3-5-1-2-6(4-8)9-5/h1-6H,7-8H2;3-5,7-11H,1-2H2;3-5,7-9H,1-2H2;1-3,8H,4H2. The van der Waals surface area contributed by atoms with E-state index in [0.717, 1.165) is 0 Å². The first kappa shape index (κ1) is 41.2. The van der Waals surface area contributed by atoms with Gasteiger partial charge in [0.15, 0.2) is 41.9 Å². The molecule has 2 fully saturated rings. The van der Waals surface area contributed by atoms with Gasteiger partial charge in [-0.2, -0.15) is 0 Å². The zero-order valence-electron chi connectivity index (χ0n) is 25.7. The average Bonchev–Trinajstić information content (AvgIpc) is 3.97. The highest BCUT2D eigenvalue weighted by molar-refractivity contribution is 5.89. The Morgan fingerprint density at radius 1 is 0.694 bits per heavy atom. The van der Waals surface area contributed by atoms with Crippen LogP contribution in [-0.2, 0) is 38.8 Å². The van der Waals surface area contributed by atoms with Crippen molar-refractivity contribution in [2.24, 2.45) is 0 Å². The van der Waals surface area contributed by atoms with Crippen LogP contribution in [0.5, 0.6) is 0 Å². The van der Waals surface area contributed by atoms with Gasteiger partial charge in [0.1, 0.15) is 73.7 Å². The molecule has 9 N–H and O–H groups in total. The highest BCUT2D eigenvalue weighted by Crippen LogP contribution is 2.28. The van der Waals surface area contributed by atoms with Crippen molar-refractivity contribution in [2.45, 2.75) is 62.2 Å². The molecule has 5 heterocycles. The molecule has 0 amide bonds. The molecule has 19 heteroatoms. The molecule has 2 aliphatic heterocycles. The minimum Gasteiger partial charge on any atom is -0.456 e. The van der Waals surface area contributed by atoms with Gasteiger partial charge >= 0.3 is 0 Å². The van der Waals surface area contributed by atoms with E-state index >= 15 is 0 Å². The van der Waals surface area contributed by atoms with Gasteiger partial charge in [0.05, 0.1) is 26.4 Å². The van der Waals surface area contributed by atoms with E-state index in [2.05, 4.69) is 4.74 Å². The van der Waals surface area contributed by atoms with Gasteiger partial charge in [0.2, 0.25) is 5.79 Å². The van der Waals surface area contributed by atoms with Crippen LogP contribution < -0.4 is 0 Å². The summed E-state index contributed by atoms with van der Waals surface area (Å²) in [5.41, 5.74) is 0. The smallest absolute Gasteiger partial charge is 0.219 e. The predicted octanol–water partition coefficient (Wildman–Crippen LogP) is -2.75. The third kappa shape index (κ3) is 11.9. The van der Waals surface area contributed by atoms with Crippen molar-refractivity contribution in [1.82, 2.24) is 0 Å². The van der Waals surface area contributed by atoms with Crippen LogP contribution in [0.25, 0.3) is 0 Å². The third-order valence-corrected chi connectivity index (χ3v) is 6.61. The number of ether oxygens (including phenoxy) is 3. The zero-order valence-corrected chi connectivity index (χ0v) is 25.7. The Labute approximate surface area is 277 Å². The predicted molar refractivity (Wildman–Crippen MR) is 157 cm³/mol. The molecule has 0 aliphatic carbocycles. The zero-order chi connectivity index (χ0) is 36.6. The van der Waals surface area contributed by atoms with Crippen LogP contribution in [0.15, 0.2) is 49.6 Å². The third-order valence-electron chi connectivity index (χ3n) is 6.61. The highest BCUT2D eigenvalue weighted by Gasteiger charge is 2.52. The molecule has 272 valence electrons. The Bertz CT molecular complexity index is 1380. The number of rotatable bonds is 12. The minimum atomic E-state index is -2.16. The second-order valence-corrected chi connectivity index (χ2v) is 10.1. The maximum Gasteiger partial charge on any atom is 0.219 e. The maximum atomic E-state index is 10.9. The lowest BCUT2D eigenvalue weighted by atomic mass is 10.1. The molecule has 0 radical (unpaired) electrons. The van der Waals surface area contributed by atoms with Crippen LogP contribution in [0.3, 0.4) is 0 Å². The Morgan fingerprint density at radius 3 is 1.45 bits per heavy atom. The number of carbonyl (C=O) groups excluding carboxylic acids is 4. The van der Waals surface area contributed by atoms with E-state index in [-0.39, 0.29) is 37.1 Å². The lowest BCUT2D eigenvalue weighted by molar-refractivity contribution is -0.248. The first-order valence-corrected chi connectivity index (χ1v) is 14.3. The molecule has 7 unspecified atom stereocenters. The average molecular weight is 703 g/mol. The van der Waals surface area contributed by atoms with E-state index in [1.165, 1.54) is 6.07 Å². The quantitative estimate of drug-likeness (QED) is 0.0864. The van der Waals surface area contributed by atoms with Crippen molar-refractivity contribution in [2.75, 3.05) is 26.4 Å². The molecule has 7 atom stereocenters. The molecule has 2 saturated heterocycles. The molecule has 3 aromatic heterocycles. The van der Waals surface area contributed by atoms with Crippen LogP contribution in [0.1, 0.15) is 48.9 Å². The van der Waals surface area contributed by atoms with Gasteiger partial charge in [0, 0.05) is 0 Å². The van der Waals surface area contributed by atoms with Crippen LogP contribution in [0.4, 0.5) is 0 Å². The Balaban J connectivity index is 0.000000234. The Morgan fingerprint density at radius 2 is 1.16 bits per heavy atom. The van der Waals surface area contributed by atoms with Crippen molar-refractivity contribution in [1.29, 1.82) is 0 Å². The lowest BCUT2D eigenvalue weighted by Gasteiger charge is -2.22. The summed E-state index contributed by atoms with van der Waals surface area (Å²) < 4.78 is 29.7. The molecular formula is C30H38O19. The monoisotopic (exact) mass is 702 g/mol. The number of Topliss-reactive ketones (excluding diaryl/α,β-unsaturated/α-hetero) is 1. The molecule has 3 aromatic rings. The van der Waals surface area contributed by atoms with Crippen molar-refractivity contribution < 1.29 is 92.6 Å². The van der Waals surface area contributed by atoms with Crippen LogP contribution in [-0.4, -0.2) is 139 Å². The number of aliphatic hydroxyl groups is 9. The largest absolute Gasteiger partial charge is 0.456 e. The van der Waals surface area contributed by atoms with E-state index in [0.29, 0.717) is 36.1 Å². The van der Waals surface area contributed by atoms with E-state index in [1.54, 1.807) is 30.3 Å². The topological polar surface area (TPSA) is 317 Å². The fourth-order valence-corrected chi connectivity index (χ4v) is 4.02. The van der Waals surface area contributed by atoms with Gasteiger partial charge < -0.3 is 73.4 Å². The van der Waals surface area contributed by atoms with Gasteiger partial charge in [-0.25, -0.2) is 0 Å². The molecular weight excluding hydrogens is 664 g/mol. The summed E-state index contributed by atoms with van der Waals surface area (Å²) in [7, 11) is 0. The number of hydrogen-bond donors (Lipinski definition) is 9. The molecule has 49 heavy (non-hydrogen) atoms. The summed E-state index contributed by atoms with van der Waals surface area (Å²) in [6.07, 6.45) is -5.32. The molecule has 0 aromatic carbocycles. The van der Waals surface area contributed by atoms with Crippen molar-refractivity contribution >= 4 is 24.6 Å². The maximum absolute atomic E-state index is 10.9. The Kier molecular flexibility index (Phi) is 17.3. The van der Waals surface area contributed by atoms with Gasteiger partial charge in [-0.15, -0.1) is 0 Å². The second-order valence-electron chi connectivity index (χ2n) is 10.1. The van der Waals surface area contributed by atoms with Gasteiger partial charge in [0.25, 0.3) is 0 Å². The SMILES string of the molecule is O=C1C(CO)OC(CO)C1O.O=Cc1ccc(CO)o1.O=Cc1ccc(COCc2ccc(C=O)o2)o1.OCC1OC(O)(CO)C(O)C1O. The molecule has 0 spiro atoms. The number of aldehydes is 3. The number of hydrogen-bond acceptors (Lipinski definition) is 19. The number of furan rings is 3. The van der Waals surface area contributed by atoms with Gasteiger partial charge in [-0.1, -0.05) is 0 Å². The summed E-state index contributed by atoms with van der Waals surface area (Å²) in [4.78, 5) is 41.6. The molecule has 19 nitrogen and oxygen atoms in total. The van der Waals surface area contributed by atoms with Crippen LogP contribution in [0, 0.1) is 0 Å². The van der Waals surface area contributed by atoms with Crippen LogP contribution in [0.2, 0.25) is 0 Å². The van der Waals surface area contributed by atoms with Crippen molar-refractivity contribution in [3.63, 3.8) is 0 Å². The number of ketones is 1. The number of aliphatic hydroxyl groups excluding tert-OH is 8. The van der Waals surface area contributed by atoms with Gasteiger partial charge in [-0.3, -0.25) is 19.2 Å². The van der Waals surface area contributed by atoms with E-state index in [9.17, 15) is 24.3 Å². The first-order valence-electron chi connectivity index (χ1n) is 14.3. The summed E-state index contributed by atoms with van der Waals surface area (Å²) in [6.45, 7) is -1.90. The molecule has 0 saturated carbocycles. The van der Waals surface area contributed by atoms with E-state index in [1.807, 2.05) is 0 Å². The van der Waals surface area contributed by atoms with E-state index in [4.69, 9.17) is 63.6 Å². The van der Waals surface area contributed by atoms with Crippen molar-refractivity contribution in [3.8, 4) is 0 Å². The fourth-order valence-electron chi connectivity index (χ4n) is 4.02. The van der Waals surface area contributed by atoms with E-state index < -0.39 is 74.6 Å². The molecule has 0 bridgehead atoms. The summed E-state index contributed by atoms with van der Waals surface area (Å²) in [5.74, 6) is -0.395. The van der Waals surface area contributed by atoms with Crippen LogP contribution >= 0.6 is 0 Å². The Hall–Kier alpha value is -3.96. The number of carbonyl (C=O) groups is 4. The summed E-state index contributed by atoms with van der Waals surface area (Å²) >= 11 is 0. The lowest BCUT2D eigenvalue weighted by Crippen LogP contribution is -2.46. The fraction of sp³-hybridized carbons (Fsp3) is 0.467. The summed E-state index contributed by atoms with van der Waals surface area (Å²) in [6, 6.07) is 9.56. The van der Waals surface area contributed by atoms with Gasteiger partial charge in [-0.05, 0) is 36.4 Å². The van der Waals surface area contributed by atoms with Crippen molar-refractivity contribution in [3.05, 3.63) is 71.0 Å². The highest BCUT2D eigenvalue weighted by atomic mass is 16.7. The minimum absolute atomic E-state index is 0.159. The molecule has 5 rings (SSSR count). The first-order chi connectivity index (χ1) is 23.4. The summed E-state index contributed by atoms with van der Waals surface area (Å²) in [5, 5.41) is 79.2. The normalized spacial score (nSPS) is 25.7. The second kappa shape index (κ2) is 20.5. The molecule has 2 aliphatic rings.